The molecule has 2 aromatic carbocycles. The molecule has 1 heterocycles. The second kappa shape index (κ2) is 4.96. The van der Waals surface area contributed by atoms with Crippen LogP contribution in [0, 0.1) is 0 Å². The van der Waals surface area contributed by atoms with Gasteiger partial charge in [0.15, 0.2) is 4.24 Å². The Kier molecular flexibility index (Phi) is 3.31. The Morgan fingerprint density at radius 2 is 1.68 bits per heavy atom. The summed E-state index contributed by atoms with van der Waals surface area (Å²) in [4.78, 5) is 0.769. The van der Waals surface area contributed by atoms with E-state index >= 15 is 0 Å². The maximum Gasteiger partial charge on any atom is 0.175 e. The molecule has 0 aromatic heterocycles. The molecule has 0 saturated carbocycles. The van der Waals surface area contributed by atoms with Gasteiger partial charge in [0.1, 0.15) is 10.6 Å². The van der Waals surface area contributed by atoms with Crippen LogP contribution >= 0.6 is 11.8 Å². The average molecular weight is 287 g/mol. The van der Waals surface area contributed by atoms with Crippen molar-refractivity contribution in [2.45, 2.75) is 4.90 Å². The van der Waals surface area contributed by atoms with E-state index in [0.29, 0.717) is 0 Å². The van der Waals surface area contributed by atoms with E-state index < -0.39 is 10.1 Å². The molecule has 96 valence electrons. The van der Waals surface area contributed by atoms with Gasteiger partial charge in [-0.1, -0.05) is 52.5 Å². The number of hydrogen-bond donors (Lipinski definition) is 0. The summed E-state index contributed by atoms with van der Waals surface area (Å²) in [5.41, 5.74) is 1.83. The highest BCUT2D eigenvalue weighted by atomic mass is 32.3. The predicted molar refractivity (Wildman–Crippen MR) is 82.9 cm³/mol. The summed E-state index contributed by atoms with van der Waals surface area (Å²) >= 11 is 1.50. The smallest absolute Gasteiger partial charge is 0.175 e. The fourth-order valence-corrected chi connectivity index (χ4v) is 5.26. The third-order valence-electron chi connectivity index (χ3n) is 2.97. The monoisotopic (exact) mass is 287 g/mol. The SMILES string of the molecule is CSC1=Cc2ccccc2N=[S+]1([O-])c1ccccc1. The molecule has 0 bridgehead atoms. The summed E-state index contributed by atoms with van der Waals surface area (Å²) in [6.07, 6.45) is 3.93. The van der Waals surface area contributed by atoms with E-state index in [9.17, 15) is 4.55 Å². The Hall–Kier alpha value is -1.36. The molecule has 0 N–H and O–H groups in total. The topological polar surface area (TPSA) is 35.4 Å². The Labute approximate surface area is 118 Å². The van der Waals surface area contributed by atoms with Gasteiger partial charge in [-0.05, 0) is 24.5 Å². The first-order chi connectivity index (χ1) is 9.24. The first kappa shape index (κ1) is 12.7. The molecule has 0 saturated heterocycles. The van der Waals surface area contributed by atoms with Gasteiger partial charge in [-0.3, -0.25) is 0 Å². The van der Waals surface area contributed by atoms with E-state index in [1.165, 1.54) is 11.8 Å². The molecule has 2 nitrogen and oxygen atoms in total. The van der Waals surface area contributed by atoms with Gasteiger partial charge in [0, 0.05) is 21.7 Å². The van der Waals surface area contributed by atoms with Crippen LogP contribution in [0.25, 0.3) is 6.08 Å². The zero-order valence-corrected chi connectivity index (χ0v) is 12.1. The van der Waals surface area contributed by atoms with Crippen molar-refractivity contribution in [3.63, 3.8) is 0 Å². The molecule has 0 radical (unpaired) electrons. The van der Waals surface area contributed by atoms with Crippen LogP contribution in [0.4, 0.5) is 5.69 Å². The number of benzene rings is 2. The van der Waals surface area contributed by atoms with E-state index in [1.54, 1.807) is 0 Å². The van der Waals surface area contributed by atoms with E-state index in [-0.39, 0.29) is 0 Å². The maximum atomic E-state index is 13.3. The van der Waals surface area contributed by atoms with Gasteiger partial charge in [-0.15, -0.1) is 0 Å². The van der Waals surface area contributed by atoms with Crippen molar-refractivity contribution in [3.05, 3.63) is 64.4 Å². The van der Waals surface area contributed by atoms with Crippen molar-refractivity contribution in [1.29, 1.82) is 0 Å². The summed E-state index contributed by atoms with van der Waals surface area (Å²) in [5.74, 6) is 0. The highest BCUT2D eigenvalue weighted by Gasteiger charge is 2.28. The Balaban J connectivity index is 2.26. The predicted octanol–water partition coefficient (Wildman–Crippen LogP) is 4.52. The van der Waals surface area contributed by atoms with Crippen LogP contribution in [0.15, 0.2) is 68.1 Å². The first-order valence-corrected chi connectivity index (χ1v) is 8.65. The first-order valence-electron chi connectivity index (χ1n) is 5.91. The van der Waals surface area contributed by atoms with Crippen molar-refractivity contribution >= 4 is 33.6 Å². The van der Waals surface area contributed by atoms with Gasteiger partial charge in [0.25, 0.3) is 0 Å². The largest absolute Gasteiger partial charge is 0.621 e. The molecule has 1 aliphatic rings. The number of hydrogen-bond acceptors (Lipinski definition) is 3. The van der Waals surface area contributed by atoms with Crippen molar-refractivity contribution in [3.8, 4) is 0 Å². The van der Waals surface area contributed by atoms with Gasteiger partial charge >= 0.3 is 0 Å². The lowest BCUT2D eigenvalue weighted by Crippen LogP contribution is -2.14. The lowest BCUT2D eigenvalue weighted by molar-refractivity contribution is 0.593. The van der Waals surface area contributed by atoms with Crippen LogP contribution in [-0.4, -0.2) is 10.8 Å². The minimum Gasteiger partial charge on any atom is -0.621 e. The molecular weight excluding hydrogens is 274 g/mol. The lowest BCUT2D eigenvalue weighted by atomic mass is 10.2. The van der Waals surface area contributed by atoms with Crippen molar-refractivity contribution in [1.82, 2.24) is 0 Å². The molecule has 2 aromatic rings. The van der Waals surface area contributed by atoms with Gasteiger partial charge in [-0.2, -0.15) is 0 Å². The van der Waals surface area contributed by atoms with Crippen LogP contribution < -0.4 is 0 Å². The highest BCUT2D eigenvalue weighted by molar-refractivity contribution is 8.22. The van der Waals surface area contributed by atoms with E-state index in [1.807, 2.05) is 66.9 Å². The summed E-state index contributed by atoms with van der Waals surface area (Å²) in [5, 5.41) is 0. The number of rotatable bonds is 2. The minimum absolute atomic E-state index is 0.769. The molecule has 1 atom stereocenters. The Morgan fingerprint density at radius 3 is 2.42 bits per heavy atom. The summed E-state index contributed by atoms with van der Waals surface area (Å²) in [6.45, 7) is 0. The summed E-state index contributed by atoms with van der Waals surface area (Å²) < 4.78 is 18.6. The van der Waals surface area contributed by atoms with Crippen LogP contribution in [0.2, 0.25) is 0 Å². The van der Waals surface area contributed by atoms with E-state index in [4.69, 9.17) is 0 Å². The molecule has 0 amide bonds. The molecule has 1 aliphatic heterocycles. The zero-order chi connectivity index (χ0) is 13.3. The van der Waals surface area contributed by atoms with Crippen LogP contribution in [0.5, 0.6) is 0 Å². The van der Waals surface area contributed by atoms with Crippen LogP contribution in [-0.2, 0) is 10.1 Å². The molecule has 0 fully saturated rings. The van der Waals surface area contributed by atoms with Gasteiger partial charge in [0.2, 0.25) is 0 Å². The van der Waals surface area contributed by atoms with Crippen molar-refractivity contribution < 1.29 is 4.55 Å². The number of fused-ring (bicyclic) bond motifs is 1. The Morgan fingerprint density at radius 1 is 1.00 bits per heavy atom. The third kappa shape index (κ3) is 2.16. The zero-order valence-electron chi connectivity index (χ0n) is 10.4. The highest BCUT2D eigenvalue weighted by Crippen LogP contribution is 2.42. The van der Waals surface area contributed by atoms with Gasteiger partial charge in [0.05, 0.1) is 0 Å². The molecule has 1 unspecified atom stereocenters. The number of thioether (sulfide) groups is 1. The van der Waals surface area contributed by atoms with Gasteiger partial charge < -0.3 is 4.55 Å². The average Bonchev–Trinajstić information content (AvgIpc) is 2.47. The molecule has 3 rings (SSSR count). The fourth-order valence-electron chi connectivity index (χ4n) is 2.03. The second-order valence-corrected chi connectivity index (χ2v) is 7.41. The van der Waals surface area contributed by atoms with Crippen LogP contribution in [0.3, 0.4) is 0 Å². The second-order valence-electron chi connectivity index (χ2n) is 4.16. The normalized spacial score (nSPS) is 21.3. The minimum atomic E-state index is -2.52. The van der Waals surface area contributed by atoms with E-state index in [2.05, 4.69) is 4.36 Å². The molecule has 19 heavy (non-hydrogen) atoms. The molecule has 0 aliphatic carbocycles. The number of nitrogens with zero attached hydrogens (tertiary/aromatic N) is 1. The summed E-state index contributed by atoms with van der Waals surface area (Å²) in [7, 11) is -2.52. The maximum absolute atomic E-state index is 13.3. The fraction of sp³-hybridized carbons (Fsp3) is 0.0667. The van der Waals surface area contributed by atoms with Crippen LogP contribution in [0.1, 0.15) is 5.56 Å². The standard InChI is InChI=1S/C15H13NOS2/c1-18-15-11-12-7-5-6-10-14(12)16-19(15,17)13-8-3-2-4-9-13/h2-11H,1H3. The quantitative estimate of drug-likeness (QED) is 0.761. The van der Waals surface area contributed by atoms with E-state index in [0.717, 1.165) is 20.4 Å². The third-order valence-corrected chi connectivity index (χ3v) is 6.70. The molecular formula is C15H13NOS2. The van der Waals surface area contributed by atoms with Crippen molar-refractivity contribution in [2.75, 3.05) is 6.26 Å². The van der Waals surface area contributed by atoms with Gasteiger partial charge in [-0.25, -0.2) is 0 Å². The Bertz CT molecular complexity index is 692. The molecule has 0 spiro atoms. The molecule has 4 heteroatoms. The lowest BCUT2D eigenvalue weighted by Gasteiger charge is -2.26. The summed E-state index contributed by atoms with van der Waals surface area (Å²) in [6, 6.07) is 17.3. The van der Waals surface area contributed by atoms with Crippen molar-refractivity contribution in [2.24, 2.45) is 4.36 Å².